The second kappa shape index (κ2) is 7.47. The average molecular weight is 256 g/mol. The SMILES string of the molecule is CCCCCN(C(C)C)S(=O)(=O)CCCl. The summed E-state index contributed by atoms with van der Waals surface area (Å²) in [4.78, 5) is 0. The summed E-state index contributed by atoms with van der Waals surface area (Å²) in [5.41, 5.74) is 0. The van der Waals surface area contributed by atoms with Gasteiger partial charge in [-0.2, -0.15) is 4.31 Å². The van der Waals surface area contributed by atoms with Crippen molar-refractivity contribution in [1.82, 2.24) is 4.31 Å². The molecule has 0 spiro atoms. The maximum atomic E-state index is 11.8. The van der Waals surface area contributed by atoms with Gasteiger partial charge >= 0.3 is 0 Å². The summed E-state index contributed by atoms with van der Waals surface area (Å²) in [6.07, 6.45) is 3.09. The predicted octanol–water partition coefficient (Wildman–Crippen LogP) is 2.46. The molecular formula is C10H22ClNO2S. The van der Waals surface area contributed by atoms with Crippen LogP contribution in [-0.2, 0) is 10.0 Å². The van der Waals surface area contributed by atoms with Gasteiger partial charge in [-0.3, -0.25) is 0 Å². The first-order valence-electron chi connectivity index (χ1n) is 5.51. The van der Waals surface area contributed by atoms with Crippen molar-refractivity contribution in [1.29, 1.82) is 0 Å². The molecule has 0 amide bonds. The van der Waals surface area contributed by atoms with Crippen LogP contribution >= 0.6 is 11.6 Å². The molecule has 0 N–H and O–H groups in total. The van der Waals surface area contributed by atoms with Gasteiger partial charge in [-0.15, -0.1) is 11.6 Å². The molecule has 0 saturated carbocycles. The van der Waals surface area contributed by atoms with Crippen LogP contribution in [0.5, 0.6) is 0 Å². The molecule has 0 radical (unpaired) electrons. The lowest BCUT2D eigenvalue weighted by atomic mass is 10.2. The summed E-state index contributed by atoms with van der Waals surface area (Å²) >= 11 is 5.49. The Morgan fingerprint density at radius 2 is 1.87 bits per heavy atom. The fraction of sp³-hybridized carbons (Fsp3) is 1.00. The first kappa shape index (κ1) is 15.2. The zero-order valence-corrected chi connectivity index (χ0v) is 11.4. The van der Waals surface area contributed by atoms with Gasteiger partial charge in [0.2, 0.25) is 10.0 Å². The Hall–Kier alpha value is 0.200. The van der Waals surface area contributed by atoms with Crippen molar-refractivity contribution in [2.75, 3.05) is 18.2 Å². The van der Waals surface area contributed by atoms with Crippen LogP contribution in [0.1, 0.15) is 40.0 Å². The van der Waals surface area contributed by atoms with Crippen LogP contribution in [0.3, 0.4) is 0 Å². The van der Waals surface area contributed by atoms with Crippen LogP contribution in [0.15, 0.2) is 0 Å². The van der Waals surface area contributed by atoms with Gasteiger partial charge in [-0.25, -0.2) is 8.42 Å². The molecule has 92 valence electrons. The number of hydrogen-bond donors (Lipinski definition) is 0. The fourth-order valence-electron chi connectivity index (χ4n) is 1.45. The van der Waals surface area contributed by atoms with Crippen LogP contribution in [0.25, 0.3) is 0 Å². The van der Waals surface area contributed by atoms with Crippen molar-refractivity contribution in [2.24, 2.45) is 0 Å². The number of sulfonamides is 1. The Balaban J connectivity index is 4.38. The lowest BCUT2D eigenvalue weighted by Gasteiger charge is -2.25. The standard InChI is InChI=1S/C10H22ClNO2S/c1-4-5-6-8-12(10(2)3)15(13,14)9-7-11/h10H,4-9H2,1-3H3. The third kappa shape index (κ3) is 5.73. The van der Waals surface area contributed by atoms with E-state index in [1.54, 1.807) is 4.31 Å². The molecule has 0 aliphatic heterocycles. The molecule has 0 saturated heterocycles. The normalized spacial score (nSPS) is 12.7. The van der Waals surface area contributed by atoms with Gasteiger partial charge in [0.15, 0.2) is 0 Å². The molecule has 3 nitrogen and oxygen atoms in total. The summed E-state index contributed by atoms with van der Waals surface area (Å²) in [5, 5.41) is 0. The van der Waals surface area contributed by atoms with E-state index >= 15 is 0 Å². The van der Waals surface area contributed by atoms with E-state index in [2.05, 4.69) is 6.92 Å². The fourth-order valence-corrected chi connectivity index (χ4v) is 3.52. The quantitative estimate of drug-likeness (QED) is 0.494. The maximum absolute atomic E-state index is 11.8. The van der Waals surface area contributed by atoms with Crippen LogP contribution < -0.4 is 0 Å². The van der Waals surface area contributed by atoms with Gasteiger partial charge in [0.25, 0.3) is 0 Å². The van der Waals surface area contributed by atoms with E-state index in [9.17, 15) is 8.42 Å². The Kier molecular flexibility index (Phi) is 7.57. The number of hydrogen-bond acceptors (Lipinski definition) is 2. The number of nitrogens with zero attached hydrogens (tertiary/aromatic N) is 1. The van der Waals surface area contributed by atoms with Crippen molar-refractivity contribution in [3.05, 3.63) is 0 Å². The van der Waals surface area contributed by atoms with Crippen molar-refractivity contribution >= 4 is 21.6 Å². The zero-order valence-electron chi connectivity index (χ0n) is 9.87. The van der Waals surface area contributed by atoms with E-state index in [0.29, 0.717) is 6.54 Å². The third-order valence-electron chi connectivity index (χ3n) is 2.25. The highest BCUT2D eigenvalue weighted by Crippen LogP contribution is 2.10. The topological polar surface area (TPSA) is 37.4 Å². The van der Waals surface area contributed by atoms with Gasteiger partial charge in [0.05, 0.1) is 5.75 Å². The minimum absolute atomic E-state index is 0.0232. The predicted molar refractivity (Wildman–Crippen MR) is 65.9 cm³/mol. The van der Waals surface area contributed by atoms with Gasteiger partial charge in [-0.05, 0) is 20.3 Å². The van der Waals surface area contributed by atoms with Gasteiger partial charge in [0.1, 0.15) is 0 Å². The molecule has 5 heteroatoms. The Morgan fingerprint density at radius 3 is 2.27 bits per heavy atom. The molecule has 15 heavy (non-hydrogen) atoms. The van der Waals surface area contributed by atoms with E-state index in [1.807, 2.05) is 13.8 Å². The van der Waals surface area contributed by atoms with Gasteiger partial charge in [-0.1, -0.05) is 19.8 Å². The van der Waals surface area contributed by atoms with Crippen molar-refractivity contribution < 1.29 is 8.42 Å². The number of rotatable bonds is 8. The molecule has 0 heterocycles. The molecule has 0 rings (SSSR count). The molecule has 0 bridgehead atoms. The molecule has 0 aromatic heterocycles. The second-order valence-corrected chi connectivity index (χ2v) is 6.34. The molecular weight excluding hydrogens is 234 g/mol. The lowest BCUT2D eigenvalue weighted by molar-refractivity contribution is 0.346. The minimum Gasteiger partial charge on any atom is -0.212 e. The Bertz CT molecular complexity index is 252. The monoisotopic (exact) mass is 255 g/mol. The molecule has 0 aromatic carbocycles. The first-order chi connectivity index (χ1) is 6.95. The second-order valence-electron chi connectivity index (χ2n) is 3.92. The van der Waals surface area contributed by atoms with Crippen LogP contribution in [0.4, 0.5) is 0 Å². The van der Waals surface area contributed by atoms with Gasteiger partial charge < -0.3 is 0 Å². The summed E-state index contributed by atoms with van der Waals surface area (Å²) in [6.45, 7) is 6.52. The van der Waals surface area contributed by atoms with Gasteiger partial charge in [0, 0.05) is 18.5 Å². The molecule has 0 aliphatic rings. The summed E-state index contributed by atoms with van der Waals surface area (Å²) in [6, 6.07) is 0.0232. The molecule has 0 fully saturated rings. The highest BCUT2D eigenvalue weighted by Gasteiger charge is 2.23. The van der Waals surface area contributed by atoms with Crippen molar-refractivity contribution in [3.63, 3.8) is 0 Å². The average Bonchev–Trinajstić information content (AvgIpc) is 2.11. The highest BCUT2D eigenvalue weighted by molar-refractivity contribution is 7.89. The number of alkyl halides is 1. The number of unbranched alkanes of at least 4 members (excludes halogenated alkanes) is 2. The smallest absolute Gasteiger partial charge is 0.212 e. The molecule has 0 atom stereocenters. The highest BCUT2D eigenvalue weighted by atomic mass is 35.5. The van der Waals surface area contributed by atoms with Crippen molar-refractivity contribution in [2.45, 2.75) is 46.1 Å². The molecule has 0 aromatic rings. The Morgan fingerprint density at radius 1 is 1.27 bits per heavy atom. The summed E-state index contributed by atoms with van der Waals surface area (Å²) in [5.74, 6) is 0.207. The molecule has 0 unspecified atom stereocenters. The van der Waals surface area contributed by atoms with E-state index < -0.39 is 10.0 Å². The molecule has 0 aliphatic carbocycles. The zero-order chi connectivity index (χ0) is 11.9. The summed E-state index contributed by atoms with van der Waals surface area (Å²) < 4.78 is 25.2. The van der Waals surface area contributed by atoms with E-state index in [0.717, 1.165) is 19.3 Å². The lowest BCUT2D eigenvalue weighted by Crippen LogP contribution is -2.39. The maximum Gasteiger partial charge on any atom is 0.215 e. The third-order valence-corrected chi connectivity index (χ3v) is 4.70. The van der Waals surface area contributed by atoms with Crippen LogP contribution in [0.2, 0.25) is 0 Å². The van der Waals surface area contributed by atoms with Crippen molar-refractivity contribution in [3.8, 4) is 0 Å². The van der Waals surface area contributed by atoms with E-state index in [-0.39, 0.29) is 17.7 Å². The van der Waals surface area contributed by atoms with E-state index in [1.165, 1.54) is 0 Å². The largest absolute Gasteiger partial charge is 0.215 e. The minimum atomic E-state index is -3.15. The van der Waals surface area contributed by atoms with Crippen LogP contribution in [-0.4, -0.2) is 36.9 Å². The summed E-state index contributed by atoms with van der Waals surface area (Å²) in [7, 11) is -3.15. The van der Waals surface area contributed by atoms with Crippen LogP contribution in [0, 0.1) is 0 Å². The van der Waals surface area contributed by atoms with E-state index in [4.69, 9.17) is 11.6 Å². The first-order valence-corrected chi connectivity index (χ1v) is 7.65. The Labute approximate surface area is 98.8 Å². The number of halogens is 1.